The highest BCUT2D eigenvalue weighted by Gasteiger charge is 2.21. The van der Waals surface area contributed by atoms with Crippen LogP contribution in [0.2, 0.25) is 0 Å². The second-order valence-corrected chi connectivity index (χ2v) is 6.57. The van der Waals surface area contributed by atoms with Crippen LogP contribution in [0, 0.1) is 6.92 Å². The molecule has 0 radical (unpaired) electrons. The second kappa shape index (κ2) is 6.57. The molecule has 0 saturated heterocycles. The number of thiazole rings is 1. The van der Waals surface area contributed by atoms with Crippen LogP contribution < -0.4 is 14.4 Å². The summed E-state index contributed by atoms with van der Waals surface area (Å²) in [7, 11) is 0. The standard InChI is InChI=1S/C17H22N2O2S/c1-4-20-15-8-13-6-7-19(17-18-10-12(3)22-17)11-14(13)9-16(15)21-5-2/h8-10H,4-7,11H2,1-3H3. The van der Waals surface area contributed by atoms with E-state index in [-0.39, 0.29) is 0 Å². The highest BCUT2D eigenvalue weighted by Crippen LogP contribution is 2.35. The molecular formula is C17H22N2O2S. The number of aromatic nitrogens is 1. The van der Waals surface area contributed by atoms with Crippen molar-refractivity contribution in [3.8, 4) is 11.5 Å². The molecule has 0 unspecified atom stereocenters. The minimum Gasteiger partial charge on any atom is -0.490 e. The summed E-state index contributed by atoms with van der Waals surface area (Å²) in [5.41, 5.74) is 2.67. The zero-order valence-electron chi connectivity index (χ0n) is 13.4. The number of anilines is 1. The van der Waals surface area contributed by atoms with Crippen LogP contribution in [0.15, 0.2) is 18.3 Å². The molecule has 0 saturated carbocycles. The molecule has 22 heavy (non-hydrogen) atoms. The van der Waals surface area contributed by atoms with Gasteiger partial charge in [0.15, 0.2) is 16.6 Å². The molecular weight excluding hydrogens is 296 g/mol. The van der Waals surface area contributed by atoms with Gasteiger partial charge in [-0.2, -0.15) is 0 Å². The Labute approximate surface area is 135 Å². The number of hydrogen-bond acceptors (Lipinski definition) is 5. The van der Waals surface area contributed by atoms with Crippen molar-refractivity contribution in [3.63, 3.8) is 0 Å². The first kappa shape index (κ1) is 15.2. The molecule has 0 N–H and O–H groups in total. The first-order valence-corrected chi connectivity index (χ1v) is 8.61. The van der Waals surface area contributed by atoms with E-state index in [1.54, 1.807) is 11.3 Å². The van der Waals surface area contributed by atoms with Crippen LogP contribution in [0.5, 0.6) is 11.5 Å². The topological polar surface area (TPSA) is 34.6 Å². The molecule has 0 atom stereocenters. The van der Waals surface area contributed by atoms with Crippen molar-refractivity contribution >= 4 is 16.5 Å². The fourth-order valence-corrected chi connectivity index (χ4v) is 3.54. The van der Waals surface area contributed by atoms with Crippen LogP contribution in [0.3, 0.4) is 0 Å². The van der Waals surface area contributed by atoms with Crippen LogP contribution in [0.25, 0.3) is 0 Å². The summed E-state index contributed by atoms with van der Waals surface area (Å²) in [4.78, 5) is 8.10. The molecule has 4 nitrogen and oxygen atoms in total. The van der Waals surface area contributed by atoms with Gasteiger partial charge in [-0.25, -0.2) is 4.98 Å². The lowest BCUT2D eigenvalue weighted by atomic mass is 9.99. The van der Waals surface area contributed by atoms with Gasteiger partial charge in [0.2, 0.25) is 0 Å². The summed E-state index contributed by atoms with van der Waals surface area (Å²) >= 11 is 1.75. The van der Waals surface area contributed by atoms with Gasteiger partial charge < -0.3 is 14.4 Å². The van der Waals surface area contributed by atoms with Crippen molar-refractivity contribution in [2.24, 2.45) is 0 Å². The third-order valence-electron chi connectivity index (χ3n) is 3.76. The molecule has 0 fully saturated rings. The molecule has 2 heterocycles. The van der Waals surface area contributed by atoms with E-state index >= 15 is 0 Å². The summed E-state index contributed by atoms with van der Waals surface area (Å²) in [6.07, 6.45) is 2.96. The number of rotatable bonds is 5. The summed E-state index contributed by atoms with van der Waals surface area (Å²) in [5.74, 6) is 1.71. The third-order valence-corrected chi connectivity index (χ3v) is 4.73. The van der Waals surface area contributed by atoms with Crippen molar-refractivity contribution < 1.29 is 9.47 Å². The lowest BCUT2D eigenvalue weighted by Gasteiger charge is -2.29. The van der Waals surface area contributed by atoms with Gasteiger partial charge in [0.1, 0.15) is 0 Å². The van der Waals surface area contributed by atoms with Gasteiger partial charge in [0.25, 0.3) is 0 Å². The Hall–Kier alpha value is -1.75. The maximum atomic E-state index is 5.74. The van der Waals surface area contributed by atoms with Gasteiger partial charge in [-0.05, 0) is 50.5 Å². The van der Waals surface area contributed by atoms with Crippen molar-refractivity contribution in [1.29, 1.82) is 0 Å². The minimum atomic E-state index is 0.647. The maximum Gasteiger partial charge on any atom is 0.185 e. The molecule has 0 amide bonds. The van der Waals surface area contributed by atoms with E-state index in [4.69, 9.17) is 9.47 Å². The average Bonchev–Trinajstić information content (AvgIpc) is 2.94. The molecule has 1 aromatic carbocycles. The molecule has 3 rings (SSSR count). The Morgan fingerprint density at radius 1 is 1.14 bits per heavy atom. The van der Waals surface area contributed by atoms with E-state index in [2.05, 4.69) is 28.9 Å². The van der Waals surface area contributed by atoms with Gasteiger partial charge in [-0.1, -0.05) is 0 Å². The summed E-state index contributed by atoms with van der Waals surface area (Å²) in [5, 5.41) is 1.11. The molecule has 118 valence electrons. The van der Waals surface area contributed by atoms with Crippen LogP contribution >= 0.6 is 11.3 Å². The highest BCUT2D eigenvalue weighted by atomic mass is 32.1. The smallest absolute Gasteiger partial charge is 0.185 e. The van der Waals surface area contributed by atoms with Crippen molar-refractivity contribution in [2.45, 2.75) is 33.7 Å². The molecule has 1 aromatic heterocycles. The van der Waals surface area contributed by atoms with E-state index in [0.29, 0.717) is 13.2 Å². The highest BCUT2D eigenvalue weighted by molar-refractivity contribution is 7.15. The monoisotopic (exact) mass is 318 g/mol. The van der Waals surface area contributed by atoms with Gasteiger partial charge in [-0.3, -0.25) is 0 Å². The Kier molecular flexibility index (Phi) is 4.52. The number of hydrogen-bond donors (Lipinski definition) is 0. The molecule has 0 bridgehead atoms. The van der Waals surface area contributed by atoms with E-state index in [1.807, 2.05) is 20.0 Å². The fraction of sp³-hybridized carbons (Fsp3) is 0.471. The molecule has 5 heteroatoms. The number of nitrogens with zero attached hydrogens (tertiary/aromatic N) is 2. The molecule has 1 aliphatic heterocycles. The Morgan fingerprint density at radius 3 is 2.41 bits per heavy atom. The van der Waals surface area contributed by atoms with Gasteiger partial charge >= 0.3 is 0 Å². The van der Waals surface area contributed by atoms with Crippen molar-refractivity contribution in [2.75, 3.05) is 24.7 Å². The zero-order valence-corrected chi connectivity index (χ0v) is 14.2. The third kappa shape index (κ3) is 3.04. The first-order chi connectivity index (χ1) is 10.7. The van der Waals surface area contributed by atoms with Gasteiger partial charge in [0, 0.05) is 24.2 Å². The number of benzene rings is 1. The van der Waals surface area contributed by atoms with Gasteiger partial charge in [0.05, 0.1) is 13.2 Å². The molecule has 2 aromatic rings. The molecule has 0 aliphatic carbocycles. The zero-order chi connectivity index (χ0) is 15.5. The molecule has 1 aliphatic rings. The molecule has 0 spiro atoms. The fourth-order valence-electron chi connectivity index (χ4n) is 2.75. The van der Waals surface area contributed by atoms with Crippen molar-refractivity contribution in [1.82, 2.24) is 4.98 Å². The maximum absolute atomic E-state index is 5.74. The Bertz CT molecular complexity index is 654. The van der Waals surface area contributed by atoms with Crippen LogP contribution in [-0.2, 0) is 13.0 Å². The largest absolute Gasteiger partial charge is 0.490 e. The predicted molar refractivity (Wildman–Crippen MR) is 90.4 cm³/mol. The van der Waals surface area contributed by atoms with Gasteiger partial charge in [-0.15, -0.1) is 11.3 Å². The first-order valence-electron chi connectivity index (χ1n) is 7.80. The lowest BCUT2D eigenvalue weighted by Crippen LogP contribution is -2.30. The number of aryl methyl sites for hydroxylation is 1. The lowest BCUT2D eigenvalue weighted by molar-refractivity contribution is 0.287. The Balaban J connectivity index is 1.88. The van der Waals surface area contributed by atoms with E-state index < -0.39 is 0 Å². The number of fused-ring (bicyclic) bond motifs is 1. The summed E-state index contributed by atoms with van der Waals surface area (Å²) in [6, 6.07) is 4.28. The normalized spacial score (nSPS) is 13.9. The second-order valence-electron chi connectivity index (χ2n) is 5.36. The van der Waals surface area contributed by atoms with E-state index in [9.17, 15) is 0 Å². The summed E-state index contributed by atoms with van der Waals surface area (Å²) in [6.45, 7) is 9.29. The van der Waals surface area contributed by atoms with Crippen molar-refractivity contribution in [3.05, 3.63) is 34.3 Å². The van der Waals surface area contributed by atoms with Crippen LogP contribution in [-0.4, -0.2) is 24.7 Å². The minimum absolute atomic E-state index is 0.647. The van der Waals surface area contributed by atoms with E-state index in [0.717, 1.165) is 36.1 Å². The summed E-state index contributed by atoms with van der Waals surface area (Å²) < 4.78 is 11.5. The SMILES string of the molecule is CCOc1cc2c(cc1OCC)CN(c1ncc(C)s1)CC2. The van der Waals surface area contributed by atoms with Crippen LogP contribution in [0.1, 0.15) is 29.9 Å². The quantitative estimate of drug-likeness (QED) is 0.839. The predicted octanol–water partition coefficient (Wildman–Crippen LogP) is 3.81. The average molecular weight is 318 g/mol. The Morgan fingerprint density at radius 2 is 1.82 bits per heavy atom. The van der Waals surface area contributed by atoms with Crippen LogP contribution in [0.4, 0.5) is 5.13 Å². The number of ether oxygens (including phenoxy) is 2. The van der Waals surface area contributed by atoms with E-state index in [1.165, 1.54) is 16.0 Å².